The highest BCUT2D eigenvalue weighted by molar-refractivity contribution is 7.08. The van der Waals surface area contributed by atoms with E-state index in [0.29, 0.717) is 28.6 Å². The average Bonchev–Trinajstić information content (AvgIpc) is 2.91. The third-order valence-corrected chi connectivity index (χ3v) is 3.59. The number of carbonyl (C=O) groups is 2. The Labute approximate surface area is 123 Å². The molecule has 2 aromatic rings. The second kappa shape index (κ2) is 5.80. The number of rotatable bonds is 5. The second-order valence-electron chi connectivity index (χ2n) is 3.92. The Kier molecular flexibility index (Phi) is 4.08. The molecular weight excluding hydrogens is 298 g/mol. The van der Waals surface area contributed by atoms with Crippen LogP contribution in [-0.4, -0.2) is 40.7 Å². The van der Waals surface area contributed by atoms with E-state index in [4.69, 9.17) is 14.6 Å². The fraction of sp³-hybridized carbons (Fsp3) is 0.154. The van der Waals surface area contributed by atoms with Crippen LogP contribution < -0.4 is 9.47 Å². The Morgan fingerprint density at radius 2 is 1.76 bits per heavy atom. The fourth-order valence-corrected chi connectivity index (χ4v) is 2.55. The maximum atomic E-state index is 11.3. The van der Waals surface area contributed by atoms with Gasteiger partial charge in [0.2, 0.25) is 0 Å². The van der Waals surface area contributed by atoms with Crippen molar-refractivity contribution in [2.24, 2.45) is 0 Å². The molecule has 1 heterocycles. The van der Waals surface area contributed by atoms with Crippen LogP contribution in [0.25, 0.3) is 11.3 Å². The van der Waals surface area contributed by atoms with Crippen molar-refractivity contribution in [3.05, 3.63) is 28.6 Å². The van der Waals surface area contributed by atoms with E-state index in [-0.39, 0.29) is 16.1 Å². The summed E-state index contributed by atoms with van der Waals surface area (Å²) in [6, 6.07) is 4.74. The standard InChI is InChI=1S/C13H11NO6S/c1-19-7-4-3-6(5-8(7)20-2)10-9(12(15)16)11(13(17)18)21-14-10/h3-5H,1-2H3,(H,15,16)(H,17,18). The van der Waals surface area contributed by atoms with Gasteiger partial charge in [-0.25, -0.2) is 9.59 Å². The van der Waals surface area contributed by atoms with Gasteiger partial charge in [0.15, 0.2) is 11.5 Å². The summed E-state index contributed by atoms with van der Waals surface area (Å²) in [5.41, 5.74) is 0.194. The first-order valence-electron chi connectivity index (χ1n) is 5.68. The van der Waals surface area contributed by atoms with Crippen LogP contribution in [0.5, 0.6) is 11.5 Å². The van der Waals surface area contributed by atoms with Crippen LogP contribution in [0.3, 0.4) is 0 Å². The lowest BCUT2D eigenvalue weighted by Gasteiger charge is -2.09. The van der Waals surface area contributed by atoms with Crippen molar-refractivity contribution in [3.63, 3.8) is 0 Å². The largest absolute Gasteiger partial charge is 0.493 e. The number of carboxylic acids is 2. The number of carboxylic acid groups (broad SMARTS) is 2. The molecule has 0 bridgehead atoms. The first-order valence-corrected chi connectivity index (χ1v) is 6.45. The molecule has 8 heteroatoms. The van der Waals surface area contributed by atoms with Gasteiger partial charge in [0, 0.05) is 5.56 Å². The van der Waals surface area contributed by atoms with Gasteiger partial charge in [-0.3, -0.25) is 0 Å². The van der Waals surface area contributed by atoms with Crippen LogP contribution in [0, 0.1) is 0 Å². The Hall–Kier alpha value is -2.61. The number of aromatic carboxylic acids is 2. The minimum absolute atomic E-state index is 0.0888. The van der Waals surface area contributed by atoms with Crippen LogP contribution >= 0.6 is 11.5 Å². The second-order valence-corrected chi connectivity index (χ2v) is 4.69. The molecule has 1 aromatic heterocycles. The van der Waals surface area contributed by atoms with Crippen molar-refractivity contribution in [3.8, 4) is 22.8 Å². The van der Waals surface area contributed by atoms with Gasteiger partial charge in [-0.15, -0.1) is 0 Å². The van der Waals surface area contributed by atoms with Crippen LogP contribution in [0.15, 0.2) is 18.2 Å². The molecule has 0 aliphatic heterocycles. The summed E-state index contributed by atoms with van der Waals surface area (Å²) in [6.07, 6.45) is 0. The van der Waals surface area contributed by atoms with E-state index in [9.17, 15) is 14.7 Å². The molecule has 0 aliphatic carbocycles. The normalized spacial score (nSPS) is 10.2. The van der Waals surface area contributed by atoms with Crippen molar-refractivity contribution in [1.29, 1.82) is 0 Å². The van der Waals surface area contributed by atoms with Crippen molar-refractivity contribution in [2.45, 2.75) is 0 Å². The molecule has 1 aromatic carbocycles. The fourth-order valence-electron chi connectivity index (χ4n) is 1.82. The van der Waals surface area contributed by atoms with Gasteiger partial charge in [-0.2, -0.15) is 4.37 Å². The first-order chi connectivity index (χ1) is 9.99. The number of hydrogen-bond donors (Lipinski definition) is 2. The number of nitrogens with zero attached hydrogens (tertiary/aromatic N) is 1. The molecule has 0 spiro atoms. The molecule has 0 unspecified atom stereocenters. The predicted octanol–water partition coefficient (Wildman–Crippen LogP) is 2.22. The molecule has 0 aliphatic rings. The monoisotopic (exact) mass is 309 g/mol. The van der Waals surface area contributed by atoms with Gasteiger partial charge in [0.05, 0.1) is 19.9 Å². The third kappa shape index (κ3) is 2.65. The summed E-state index contributed by atoms with van der Waals surface area (Å²) < 4.78 is 14.2. The van der Waals surface area contributed by atoms with E-state index in [1.807, 2.05) is 0 Å². The summed E-state index contributed by atoms with van der Waals surface area (Å²) in [4.78, 5) is 22.1. The number of ether oxygens (including phenoxy) is 2. The van der Waals surface area contributed by atoms with Crippen LogP contribution in [0.2, 0.25) is 0 Å². The third-order valence-electron chi connectivity index (χ3n) is 2.76. The summed E-state index contributed by atoms with van der Waals surface area (Å²) >= 11 is 0.628. The zero-order valence-corrected chi connectivity index (χ0v) is 11.9. The molecule has 0 fully saturated rings. The maximum absolute atomic E-state index is 11.3. The van der Waals surface area contributed by atoms with Gasteiger partial charge < -0.3 is 19.7 Å². The molecule has 0 radical (unpaired) electrons. The Bertz CT molecular complexity index is 709. The van der Waals surface area contributed by atoms with Crippen molar-refractivity contribution in [1.82, 2.24) is 4.37 Å². The topological polar surface area (TPSA) is 106 Å². The Balaban J connectivity index is 2.62. The lowest BCUT2D eigenvalue weighted by molar-refractivity contribution is 0.0656. The molecule has 0 saturated heterocycles. The SMILES string of the molecule is COc1ccc(-c2nsc(C(=O)O)c2C(=O)O)cc1OC. The zero-order chi connectivity index (χ0) is 15.6. The maximum Gasteiger partial charge on any atom is 0.348 e. The molecule has 2 rings (SSSR count). The summed E-state index contributed by atoms with van der Waals surface area (Å²) in [6.45, 7) is 0. The highest BCUT2D eigenvalue weighted by Gasteiger charge is 2.26. The van der Waals surface area contributed by atoms with Crippen molar-refractivity contribution in [2.75, 3.05) is 14.2 Å². The van der Waals surface area contributed by atoms with E-state index in [2.05, 4.69) is 4.37 Å². The number of methoxy groups -OCH3 is 2. The van der Waals surface area contributed by atoms with E-state index < -0.39 is 11.9 Å². The zero-order valence-electron chi connectivity index (χ0n) is 11.1. The van der Waals surface area contributed by atoms with Gasteiger partial charge in [-0.05, 0) is 29.7 Å². The quantitative estimate of drug-likeness (QED) is 0.872. The molecule has 21 heavy (non-hydrogen) atoms. The van der Waals surface area contributed by atoms with E-state index in [0.717, 1.165) is 0 Å². The van der Waals surface area contributed by atoms with Gasteiger partial charge in [-0.1, -0.05) is 0 Å². The van der Waals surface area contributed by atoms with Crippen molar-refractivity contribution >= 4 is 23.5 Å². The number of aromatic nitrogens is 1. The van der Waals surface area contributed by atoms with E-state index in [1.165, 1.54) is 14.2 Å². The van der Waals surface area contributed by atoms with Crippen molar-refractivity contribution < 1.29 is 29.3 Å². The Morgan fingerprint density at radius 1 is 1.10 bits per heavy atom. The van der Waals surface area contributed by atoms with Gasteiger partial charge in [0.1, 0.15) is 10.4 Å². The Morgan fingerprint density at radius 3 is 2.29 bits per heavy atom. The minimum atomic E-state index is -1.34. The lowest BCUT2D eigenvalue weighted by atomic mass is 10.1. The lowest BCUT2D eigenvalue weighted by Crippen LogP contribution is -2.05. The molecule has 0 atom stereocenters. The summed E-state index contributed by atoms with van der Waals surface area (Å²) in [7, 11) is 2.93. The van der Waals surface area contributed by atoms with Crippen LogP contribution in [0.4, 0.5) is 0 Å². The summed E-state index contributed by atoms with van der Waals surface area (Å²) in [5, 5.41) is 18.2. The van der Waals surface area contributed by atoms with Crippen LogP contribution in [0.1, 0.15) is 20.0 Å². The predicted molar refractivity (Wildman–Crippen MR) is 74.6 cm³/mol. The smallest absolute Gasteiger partial charge is 0.348 e. The molecule has 7 nitrogen and oxygen atoms in total. The summed E-state index contributed by atoms with van der Waals surface area (Å²) in [5.74, 6) is -1.79. The van der Waals surface area contributed by atoms with Gasteiger partial charge in [0.25, 0.3) is 0 Å². The molecule has 0 saturated carbocycles. The van der Waals surface area contributed by atoms with E-state index >= 15 is 0 Å². The average molecular weight is 309 g/mol. The molecule has 0 amide bonds. The first kappa shape index (κ1) is 14.8. The molecule has 110 valence electrons. The highest BCUT2D eigenvalue weighted by Crippen LogP contribution is 2.35. The van der Waals surface area contributed by atoms with Gasteiger partial charge >= 0.3 is 11.9 Å². The number of benzene rings is 1. The highest BCUT2D eigenvalue weighted by atomic mass is 32.1. The number of hydrogen-bond acceptors (Lipinski definition) is 6. The molecule has 2 N–H and O–H groups in total. The minimum Gasteiger partial charge on any atom is -0.493 e. The van der Waals surface area contributed by atoms with Crippen LogP contribution in [-0.2, 0) is 0 Å². The molecular formula is C13H11NO6S. The van der Waals surface area contributed by atoms with E-state index in [1.54, 1.807) is 18.2 Å².